The number of para-hydroxylation sites is 1. The molecule has 0 unspecified atom stereocenters. The van der Waals surface area contributed by atoms with Crippen LogP contribution in [0, 0.1) is 6.92 Å². The summed E-state index contributed by atoms with van der Waals surface area (Å²) in [6.45, 7) is 5.59. The Morgan fingerprint density at radius 3 is 2.43 bits per heavy atom. The summed E-state index contributed by atoms with van der Waals surface area (Å²) in [7, 11) is 0. The van der Waals surface area contributed by atoms with Crippen molar-refractivity contribution in [1.29, 1.82) is 0 Å². The van der Waals surface area contributed by atoms with Gasteiger partial charge >= 0.3 is 12.0 Å². The normalized spacial score (nSPS) is 10.8. The van der Waals surface area contributed by atoms with Crippen LogP contribution in [0.5, 0.6) is 0 Å². The molecule has 0 radical (unpaired) electrons. The second-order valence-electron chi connectivity index (χ2n) is 7.35. The molecule has 30 heavy (non-hydrogen) atoms. The van der Waals surface area contributed by atoms with E-state index in [1.807, 2.05) is 45.0 Å². The number of carbonyl (C=O) groups excluding carboxylic acids is 3. The predicted molar refractivity (Wildman–Crippen MR) is 115 cm³/mol. The zero-order valence-corrected chi connectivity index (χ0v) is 17.2. The Hall–Kier alpha value is -3.61. The van der Waals surface area contributed by atoms with E-state index in [1.54, 1.807) is 24.3 Å². The Balaban J connectivity index is 1.56. The average Bonchev–Trinajstić information content (AvgIpc) is 3.06. The monoisotopic (exact) mass is 407 g/mol. The molecule has 7 nitrogen and oxygen atoms in total. The molecule has 0 spiro atoms. The summed E-state index contributed by atoms with van der Waals surface area (Å²) < 4.78 is 5.22. The third kappa shape index (κ3) is 5.05. The van der Waals surface area contributed by atoms with Gasteiger partial charge in [0.15, 0.2) is 6.61 Å². The van der Waals surface area contributed by atoms with Gasteiger partial charge in [0.2, 0.25) is 5.78 Å². The summed E-state index contributed by atoms with van der Waals surface area (Å²) in [6, 6.07) is 14.0. The number of urea groups is 1. The van der Waals surface area contributed by atoms with Gasteiger partial charge in [-0.2, -0.15) is 0 Å². The number of hydrogen-bond acceptors (Lipinski definition) is 4. The first-order valence-electron chi connectivity index (χ1n) is 9.76. The highest BCUT2D eigenvalue weighted by atomic mass is 16.5. The number of aromatic nitrogens is 1. The second kappa shape index (κ2) is 9.26. The van der Waals surface area contributed by atoms with Crippen LogP contribution >= 0.6 is 0 Å². The van der Waals surface area contributed by atoms with Crippen LogP contribution in [0.1, 0.15) is 45.8 Å². The lowest BCUT2D eigenvalue weighted by atomic mass is 10.1. The number of nitrogens with one attached hydrogen (secondary N) is 3. The first-order chi connectivity index (χ1) is 14.3. The van der Waals surface area contributed by atoms with Crippen LogP contribution in [0.2, 0.25) is 0 Å². The molecule has 7 heteroatoms. The van der Waals surface area contributed by atoms with Crippen molar-refractivity contribution < 1.29 is 19.1 Å². The van der Waals surface area contributed by atoms with Gasteiger partial charge in [0, 0.05) is 34.7 Å². The van der Waals surface area contributed by atoms with E-state index in [1.165, 1.54) is 0 Å². The maximum absolute atomic E-state index is 12.6. The summed E-state index contributed by atoms with van der Waals surface area (Å²) in [5.41, 5.74) is 3.34. The summed E-state index contributed by atoms with van der Waals surface area (Å²) in [5, 5.41) is 6.29. The quantitative estimate of drug-likeness (QED) is 0.410. The number of aromatic amines is 1. The highest BCUT2D eigenvalue weighted by Crippen LogP contribution is 2.22. The van der Waals surface area contributed by atoms with Crippen molar-refractivity contribution in [3.63, 3.8) is 0 Å². The second-order valence-corrected chi connectivity index (χ2v) is 7.35. The fourth-order valence-corrected chi connectivity index (χ4v) is 3.18. The number of esters is 1. The van der Waals surface area contributed by atoms with Gasteiger partial charge in [-0.15, -0.1) is 0 Å². The molecule has 1 aromatic heterocycles. The van der Waals surface area contributed by atoms with E-state index in [2.05, 4.69) is 15.6 Å². The van der Waals surface area contributed by atoms with Gasteiger partial charge in [-0.3, -0.25) is 4.79 Å². The summed E-state index contributed by atoms with van der Waals surface area (Å²) >= 11 is 0. The average molecular weight is 407 g/mol. The number of rotatable bonds is 7. The minimum Gasteiger partial charge on any atom is -0.454 e. The molecule has 0 fully saturated rings. The standard InChI is InChI=1S/C23H25N3O4/c1-14(2)25-23(29)24-12-16-8-10-17(11-9-16)22(28)30-13-20(27)21-15(3)26-19-7-5-4-6-18(19)21/h4-11,14,26H,12-13H2,1-3H3,(H2,24,25,29). The lowest BCUT2D eigenvalue weighted by Gasteiger charge is -2.10. The van der Waals surface area contributed by atoms with E-state index in [0.29, 0.717) is 17.7 Å². The minimum atomic E-state index is -0.571. The molecule has 0 bridgehead atoms. The van der Waals surface area contributed by atoms with Crippen LogP contribution in [0.15, 0.2) is 48.5 Å². The lowest BCUT2D eigenvalue weighted by molar-refractivity contribution is 0.0475. The number of Topliss-reactive ketones (excluding diaryl/α,β-unsaturated/α-hetero) is 1. The van der Waals surface area contributed by atoms with E-state index in [4.69, 9.17) is 4.74 Å². The highest BCUT2D eigenvalue weighted by Gasteiger charge is 2.18. The fourth-order valence-electron chi connectivity index (χ4n) is 3.18. The number of carbonyl (C=O) groups is 3. The molecule has 2 amide bonds. The van der Waals surface area contributed by atoms with Crippen molar-refractivity contribution >= 4 is 28.7 Å². The van der Waals surface area contributed by atoms with Crippen molar-refractivity contribution in [3.05, 3.63) is 70.9 Å². The smallest absolute Gasteiger partial charge is 0.338 e. The zero-order chi connectivity index (χ0) is 21.7. The fraction of sp³-hybridized carbons (Fsp3) is 0.261. The van der Waals surface area contributed by atoms with Crippen molar-refractivity contribution in [2.45, 2.75) is 33.4 Å². The molecule has 3 aromatic rings. The third-order valence-electron chi connectivity index (χ3n) is 4.57. The third-order valence-corrected chi connectivity index (χ3v) is 4.57. The number of ketones is 1. The Bertz CT molecular complexity index is 1070. The molecule has 1 heterocycles. The summed E-state index contributed by atoms with van der Waals surface area (Å²) in [6.07, 6.45) is 0. The highest BCUT2D eigenvalue weighted by molar-refractivity contribution is 6.10. The molecule has 2 aromatic carbocycles. The van der Waals surface area contributed by atoms with Crippen LogP contribution in [-0.2, 0) is 11.3 Å². The number of hydrogen-bond donors (Lipinski definition) is 3. The van der Waals surface area contributed by atoms with Crippen LogP contribution in [0.25, 0.3) is 10.9 Å². The van der Waals surface area contributed by atoms with Crippen LogP contribution < -0.4 is 10.6 Å². The zero-order valence-electron chi connectivity index (χ0n) is 17.2. The number of amides is 2. The molecule has 156 valence electrons. The predicted octanol–water partition coefficient (Wildman–Crippen LogP) is 3.72. The number of fused-ring (bicyclic) bond motifs is 1. The molecule has 0 aliphatic heterocycles. The minimum absolute atomic E-state index is 0.0536. The molecular weight excluding hydrogens is 382 g/mol. The van der Waals surface area contributed by atoms with Crippen molar-refractivity contribution in [2.24, 2.45) is 0 Å². The first-order valence-corrected chi connectivity index (χ1v) is 9.76. The van der Waals surface area contributed by atoms with E-state index in [9.17, 15) is 14.4 Å². The molecule has 0 aliphatic rings. The first kappa shape index (κ1) is 21.1. The van der Waals surface area contributed by atoms with Crippen LogP contribution in [0.3, 0.4) is 0 Å². The molecule has 3 N–H and O–H groups in total. The van der Waals surface area contributed by atoms with Gasteiger partial charge in [-0.05, 0) is 44.5 Å². The number of ether oxygens (including phenoxy) is 1. The number of H-pyrrole nitrogens is 1. The Labute approximate surface area is 174 Å². The van der Waals surface area contributed by atoms with E-state index in [0.717, 1.165) is 22.2 Å². The van der Waals surface area contributed by atoms with Gasteiger partial charge in [0.05, 0.1) is 5.56 Å². The molecule has 0 saturated carbocycles. The van der Waals surface area contributed by atoms with Gasteiger partial charge < -0.3 is 20.4 Å². The molecular formula is C23H25N3O4. The maximum Gasteiger partial charge on any atom is 0.338 e. The lowest BCUT2D eigenvalue weighted by Crippen LogP contribution is -2.39. The van der Waals surface area contributed by atoms with E-state index < -0.39 is 5.97 Å². The largest absolute Gasteiger partial charge is 0.454 e. The summed E-state index contributed by atoms with van der Waals surface area (Å²) in [4.78, 5) is 39.7. The Morgan fingerprint density at radius 2 is 1.73 bits per heavy atom. The van der Waals surface area contributed by atoms with Crippen LogP contribution in [0.4, 0.5) is 4.79 Å². The molecule has 0 saturated heterocycles. The van der Waals surface area contributed by atoms with Crippen molar-refractivity contribution in [2.75, 3.05) is 6.61 Å². The van der Waals surface area contributed by atoms with E-state index >= 15 is 0 Å². The van der Waals surface area contributed by atoms with Crippen molar-refractivity contribution in [1.82, 2.24) is 15.6 Å². The molecule has 0 aliphatic carbocycles. The van der Waals surface area contributed by atoms with Crippen LogP contribution in [-0.4, -0.2) is 35.4 Å². The maximum atomic E-state index is 12.6. The SMILES string of the molecule is Cc1[nH]c2ccccc2c1C(=O)COC(=O)c1ccc(CNC(=O)NC(C)C)cc1. The Morgan fingerprint density at radius 1 is 1.03 bits per heavy atom. The van der Waals surface area contributed by atoms with E-state index in [-0.39, 0.29) is 24.5 Å². The molecule has 0 atom stereocenters. The van der Waals surface area contributed by atoms with Gasteiger partial charge in [-0.25, -0.2) is 9.59 Å². The number of aryl methyl sites for hydroxylation is 1. The van der Waals surface area contributed by atoms with Crippen molar-refractivity contribution in [3.8, 4) is 0 Å². The number of benzene rings is 2. The van der Waals surface area contributed by atoms with Gasteiger partial charge in [0.25, 0.3) is 0 Å². The van der Waals surface area contributed by atoms with Gasteiger partial charge in [0.1, 0.15) is 0 Å². The molecule has 3 rings (SSSR count). The Kier molecular flexibility index (Phi) is 6.51. The van der Waals surface area contributed by atoms with Gasteiger partial charge in [-0.1, -0.05) is 30.3 Å². The topological polar surface area (TPSA) is 100 Å². The summed E-state index contributed by atoms with van der Waals surface area (Å²) in [5.74, 6) is -0.826.